The van der Waals surface area contributed by atoms with Crippen LogP contribution in [0.25, 0.3) is 5.69 Å². The molecule has 3 N–H and O–H groups in total. The molecule has 7 nitrogen and oxygen atoms in total. The number of carbonyl (C=O) groups is 2. The Kier molecular flexibility index (Phi) is 5.55. The van der Waals surface area contributed by atoms with Gasteiger partial charge in [-0.1, -0.05) is 25.7 Å². The largest absolute Gasteiger partial charge is 0.465 e. The van der Waals surface area contributed by atoms with Gasteiger partial charge in [-0.2, -0.15) is 5.10 Å². The van der Waals surface area contributed by atoms with Gasteiger partial charge in [0.15, 0.2) is 0 Å². The summed E-state index contributed by atoms with van der Waals surface area (Å²) in [6.45, 7) is 0. The van der Waals surface area contributed by atoms with Crippen LogP contribution in [-0.2, 0) is 4.74 Å². The predicted molar refractivity (Wildman–Crippen MR) is 98.3 cm³/mol. The van der Waals surface area contributed by atoms with Gasteiger partial charge in [-0.25, -0.2) is 9.48 Å². The van der Waals surface area contributed by atoms with E-state index in [1.807, 2.05) is 0 Å². The van der Waals surface area contributed by atoms with Crippen molar-refractivity contribution < 1.29 is 14.3 Å². The Morgan fingerprint density at radius 2 is 1.81 bits per heavy atom. The van der Waals surface area contributed by atoms with Crippen molar-refractivity contribution in [1.82, 2.24) is 15.1 Å². The summed E-state index contributed by atoms with van der Waals surface area (Å²) >= 11 is 0. The van der Waals surface area contributed by atoms with Crippen LogP contribution in [-0.4, -0.2) is 34.8 Å². The number of esters is 1. The predicted octanol–water partition coefficient (Wildman–Crippen LogP) is 2.69. The third kappa shape index (κ3) is 3.87. The van der Waals surface area contributed by atoms with E-state index in [2.05, 4.69) is 15.2 Å². The first kappa shape index (κ1) is 18.0. The molecule has 26 heavy (non-hydrogen) atoms. The summed E-state index contributed by atoms with van der Waals surface area (Å²) in [5.41, 5.74) is 7.44. The van der Waals surface area contributed by atoms with Gasteiger partial charge in [0.1, 0.15) is 11.4 Å². The van der Waals surface area contributed by atoms with Gasteiger partial charge in [0.25, 0.3) is 5.91 Å². The fraction of sp³-hybridized carbons (Fsp3) is 0.421. The molecule has 138 valence electrons. The fourth-order valence-electron chi connectivity index (χ4n) is 3.28. The number of methoxy groups -OCH3 is 1. The Balaban J connectivity index is 1.71. The van der Waals surface area contributed by atoms with E-state index < -0.39 is 5.97 Å². The van der Waals surface area contributed by atoms with E-state index in [1.54, 1.807) is 24.3 Å². The number of anilines is 1. The zero-order valence-corrected chi connectivity index (χ0v) is 14.9. The number of amides is 1. The number of nitrogens with one attached hydrogen (secondary N) is 1. The maximum atomic E-state index is 12.5. The van der Waals surface area contributed by atoms with Gasteiger partial charge < -0.3 is 15.8 Å². The maximum absolute atomic E-state index is 12.5. The van der Waals surface area contributed by atoms with Crippen LogP contribution in [0.2, 0.25) is 0 Å². The average Bonchev–Trinajstić information content (AvgIpc) is 2.87. The summed E-state index contributed by atoms with van der Waals surface area (Å²) in [6, 6.07) is 7.24. The van der Waals surface area contributed by atoms with Crippen molar-refractivity contribution in [3.05, 3.63) is 41.6 Å². The molecule has 1 amide bonds. The van der Waals surface area contributed by atoms with Crippen LogP contribution in [0, 0.1) is 0 Å². The molecular weight excluding hydrogens is 332 g/mol. The van der Waals surface area contributed by atoms with Gasteiger partial charge in [0, 0.05) is 11.6 Å². The highest BCUT2D eigenvalue weighted by Gasteiger charge is 2.18. The molecule has 1 heterocycles. The maximum Gasteiger partial charge on any atom is 0.343 e. The minimum absolute atomic E-state index is 0.0628. The number of rotatable bonds is 4. The second kappa shape index (κ2) is 8.03. The molecule has 1 fully saturated rings. The van der Waals surface area contributed by atoms with Crippen LogP contribution < -0.4 is 11.1 Å². The lowest BCUT2D eigenvalue weighted by molar-refractivity contribution is 0.0601. The van der Waals surface area contributed by atoms with Crippen LogP contribution in [0.15, 0.2) is 30.5 Å². The third-order valence-electron chi connectivity index (χ3n) is 4.78. The minimum Gasteiger partial charge on any atom is -0.465 e. The quantitative estimate of drug-likeness (QED) is 0.648. The highest BCUT2D eigenvalue weighted by molar-refractivity contribution is 5.95. The number of carbonyl (C=O) groups excluding carboxylic acids is 2. The van der Waals surface area contributed by atoms with Crippen LogP contribution in [0.3, 0.4) is 0 Å². The number of ether oxygens (including phenoxy) is 1. The van der Waals surface area contributed by atoms with Crippen molar-refractivity contribution >= 4 is 17.7 Å². The summed E-state index contributed by atoms with van der Waals surface area (Å²) in [4.78, 5) is 24.1. The number of nitrogens with zero attached hydrogens (tertiary/aromatic N) is 2. The zero-order valence-electron chi connectivity index (χ0n) is 14.9. The Labute approximate surface area is 152 Å². The van der Waals surface area contributed by atoms with E-state index in [-0.39, 0.29) is 23.3 Å². The van der Waals surface area contributed by atoms with E-state index in [0.717, 1.165) is 12.8 Å². The molecule has 1 saturated carbocycles. The lowest BCUT2D eigenvalue weighted by Gasteiger charge is -2.16. The summed E-state index contributed by atoms with van der Waals surface area (Å²) in [5.74, 6) is -0.396. The molecule has 0 unspecified atom stereocenters. The molecule has 0 saturated heterocycles. The fourth-order valence-corrected chi connectivity index (χ4v) is 3.28. The minimum atomic E-state index is -0.534. The Hall–Kier alpha value is -2.83. The monoisotopic (exact) mass is 356 g/mol. The number of hydrogen-bond acceptors (Lipinski definition) is 5. The molecule has 7 heteroatoms. The van der Waals surface area contributed by atoms with Crippen molar-refractivity contribution in [2.75, 3.05) is 12.8 Å². The molecule has 0 spiro atoms. The van der Waals surface area contributed by atoms with Crippen molar-refractivity contribution in [1.29, 1.82) is 0 Å². The van der Waals surface area contributed by atoms with E-state index in [4.69, 9.17) is 5.73 Å². The standard InChI is InChI=1S/C19H24N4O3/c1-26-19(25)16-12-21-23(17(16)20)15-10-8-13(9-11-15)18(24)22-14-6-4-2-3-5-7-14/h8-12,14H,2-7,20H2,1H3,(H,22,24). The second-order valence-electron chi connectivity index (χ2n) is 6.56. The molecule has 0 aliphatic heterocycles. The van der Waals surface area contributed by atoms with Crippen molar-refractivity contribution in [2.45, 2.75) is 44.6 Å². The molecule has 0 radical (unpaired) electrons. The topological polar surface area (TPSA) is 99.2 Å². The SMILES string of the molecule is COC(=O)c1cnn(-c2ccc(C(=O)NC3CCCCCC3)cc2)c1N. The van der Waals surface area contributed by atoms with Crippen LogP contribution in [0.5, 0.6) is 0 Å². The molecular formula is C19H24N4O3. The van der Waals surface area contributed by atoms with Crippen molar-refractivity contribution in [3.8, 4) is 5.69 Å². The highest BCUT2D eigenvalue weighted by atomic mass is 16.5. The molecule has 2 aromatic rings. The molecule has 1 aliphatic rings. The van der Waals surface area contributed by atoms with E-state index in [9.17, 15) is 9.59 Å². The normalized spacial score (nSPS) is 15.3. The number of benzene rings is 1. The van der Waals surface area contributed by atoms with Gasteiger partial charge in [0.2, 0.25) is 0 Å². The number of nitrogen functional groups attached to an aromatic ring is 1. The first-order valence-corrected chi connectivity index (χ1v) is 8.93. The van der Waals surface area contributed by atoms with Gasteiger partial charge >= 0.3 is 5.97 Å². The smallest absolute Gasteiger partial charge is 0.343 e. The van der Waals surface area contributed by atoms with Gasteiger partial charge in [-0.3, -0.25) is 4.79 Å². The van der Waals surface area contributed by atoms with Crippen LogP contribution in [0.1, 0.15) is 59.2 Å². The van der Waals surface area contributed by atoms with Gasteiger partial charge in [0.05, 0.1) is 19.0 Å². The van der Waals surface area contributed by atoms with Crippen molar-refractivity contribution in [3.63, 3.8) is 0 Å². The van der Waals surface area contributed by atoms with Gasteiger partial charge in [-0.05, 0) is 37.1 Å². The zero-order chi connectivity index (χ0) is 18.5. The van der Waals surface area contributed by atoms with E-state index in [0.29, 0.717) is 11.3 Å². The summed E-state index contributed by atoms with van der Waals surface area (Å²) in [5, 5.41) is 7.25. The summed E-state index contributed by atoms with van der Waals surface area (Å²) < 4.78 is 6.12. The van der Waals surface area contributed by atoms with E-state index in [1.165, 1.54) is 43.7 Å². The van der Waals surface area contributed by atoms with E-state index >= 15 is 0 Å². The second-order valence-corrected chi connectivity index (χ2v) is 6.56. The first-order valence-electron chi connectivity index (χ1n) is 8.93. The average molecular weight is 356 g/mol. The third-order valence-corrected chi connectivity index (χ3v) is 4.78. The Bertz CT molecular complexity index is 775. The summed E-state index contributed by atoms with van der Waals surface area (Å²) in [6.07, 6.45) is 8.30. The molecule has 3 rings (SSSR count). The van der Waals surface area contributed by atoms with Crippen LogP contribution >= 0.6 is 0 Å². The number of nitrogens with two attached hydrogens (primary N) is 1. The molecule has 1 aromatic heterocycles. The summed E-state index contributed by atoms with van der Waals surface area (Å²) in [7, 11) is 1.29. The Morgan fingerprint density at radius 3 is 2.42 bits per heavy atom. The molecule has 1 aliphatic carbocycles. The lowest BCUT2D eigenvalue weighted by atomic mass is 10.1. The van der Waals surface area contributed by atoms with Crippen LogP contribution in [0.4, 0.5) is 5.82 Å². The molecule has 1 aromatic carbocycles. The highest BCUT2D eigenvalue weighted by Crippen LogP contribution is 2.20. The Morgan fingerprint density at radius 1 is 1.15 bits per heavy atom. The van der Waals surface area contributed by atoms with Gasteiger partial charge in [-0.15, -0.1) is 0 Å². The number of hydrogen-bond donors (Lipinski definition) is 2. The molecule has 0 atom stereocenters. The lowest BCUT2D eigenvalue weighted by Crippen LogP contribution is -2.34. The first-order chi connectivity index (χ1) is 12.6. The number of aromatic nitrogens is 2. The molecule has 0 bridgehead atoms. The van der Waals surface area contributed by atoms with Crippen molar-refractivity contribution in [2.24, 2.45) is 0 Å².